The maximum atomic E-state index is 14.0. The minimum Gasteiger partial charge on any atom is -0.507 e. The molecular weight excluding hydrogens is 472 g/mol. The Morgan fingerprint density at radius 3 is 2.22 bits per heavy atom. The number of aliphatic hydroxyl groups is 2. The van der Waals surface area contributed by atoms with Gasteiger partial charge in [0, 0.05) is 16.5 Å². The molecule has 0 saturated heterocycles. The van der Waals surface area contributed by atoms with Crippen molar-refractivity contribution in [3.05, 3.63) is 62.2 Å². The van der Waals surface area contributed by atoms with Gasteiger partial charge in [-0.1, -0.05) is 0 Å². The Morgan fingerprint density at radius 1 is 0.833 bits per heavy atom. The number of ketones is 1. The molecule has 4 aliphatic rings. The maximum absolute atomic E-state index is 14.0. The van der Waals surface area contributed by atoms with Crippen LogP contribution in [0, 0.1) is 13.8 Å². The van der Waals surface area contributed by atoms with E-state index in [2.05, 4.69) is 0 Å². The molecule has 0 saturated carbocycles. The molecule has 2 bridgehead atoms. The molecule has 0 aromatic heterocycles. The van der Waals surface area contributed by atoms with Gasteiger partial charge in [0.25, 0.3) is 0 Å². The number of aromatic hydroxyl groups is 3. The molecule has 1 unspecified atom stereocenters. The third-order valence-corrected chi connectivity index (χ3v) is 8.16. The Balaban J connectivity index is 1.77. The average Bonchev–Trinajstić information content (AvgIpc) is 2.97. The van der Waals surface area contributed by atoms with Crippen LogP contribution in [0.3, 0.4) is 0 Å². The molecule has 1 spiro atoms. The molecule has 7 rings (SSSR count). The number of esters is 2. The van der Waals surface area contributed by atoms with Crippen molar-refractivity contribution in [1.29, 1.82) is 0 Å². The van der Waals surface area contributed by atoms with E-state index in [1.54, 1.807) is 13.8 Å². The van der Waals surface area contributed by atoms with Crippen LogP contribution in [0.25, 0.3) is 10.8 Å². The maximum Gasteiger partial charge on any atom is 0.345 e. The van der Waals surface area contributed by atoms with Crippen molar-refractivity contribution in [3.8, 4) is 17.2 Å². The fourth-order valence-electron chi connectivity index (χ4n) is 6.89. The monoisotopic (exact) mass is 490 g/mol. The normalized spacial score (nSPS) is 27.0. The van der Waals surface area contributed by atoms with Gasteiger partial charge in [-0.2, -0.15) is 0 Å². The highest BCUT2D eigenvalue weighted by atomic mass is 16.6. The van der Waals surface area contributed by atoms with E-state index in [1.807, 2.05) is 0 Å². The van der Waals surface area contributed by atoms with Crippen LogP contribution in [0.1, 0.15) is 76.7 Å². The summed E-state index contributed by atoms with van der Waals surface area (Å²) in [6.45, 7) is 2.78. The number of carbonyl (C=O) groups excluding carboxylic acids is 3. The lowest BCUT2D eigenvalue weighted by molar-refractivity contribution is -0.0699. The molecule has 0 amide bonds. The SMILES string of the molecule is Cc1cc(O)c2c3c1C(=O)[C@@H]1c4c(c(O)c5c6c(c(O)cc(C)c46)C(=O)OC5O)[C@@]3(COC2=O)[C@H]1O. The molecular formula is C26H18O10. The van der Waals surface area contributed by atoms with Crippen LogP contribution in [-0.2, 0) is 14.9 Å². The first kappa shape index (κ1) is 21.2. The number of benzene rings is 3. The molecule has 5 N–H and O–H groups in total. The van der Waals surface area contributed by atoms with E-state index in [0.717, 1.165) is 0 Å². The molecule has 3 aromatic carbocycles. The van der Waals surface area contributed by atoms with Crippen LogP contribution in [0.2, 0.25) is 0 Å². The lowest BCUT2D eigenvalue weighted by Gasteiger charge is -2.43. The lowest BCUT2D eigenvalue weighted by atomic mass is 9.63. The van der Waals surface area contributed by atoms with E-state index in [0.29, 0.717) is 16.5 Å². The number of aryl methyl sites for hydroxylation is 2. The van der Waals surface area contributed by atoms with Crippen LogP contribution in [0.5, 0.6) is 17.2 Å². The summed E-state index contributed by atoms with van der Waals surface area (Å²) in [4.78, 5) is 39.3. The van der Waals surface area contributed by atoms with Gasteiger partial charge in [0.2, 0.25) is 6.29 Å². The largest absolute Gasteiger partial charge is 0.507 e. The van der Waals surface area contributed by atoms with E-state index >= 15 is 0 Å². The van der Waals surface area contributed by atoms with Gasteiger partial charge in [0.1, 0.15) is 35.0 Å². The third-order valence-electron chi connectivity index (χ3n) is 8.16. The highest BCUT2D eigenvalue weighted by molar-refractivity contribution is 6.18. The minimum atomic E-state index is -1.90. The standard InChI is InChI=1S/C26H18O10/c1-6-3-8(27)12-14-10(6)15-16-20(29)11-7(2)4-9(28)13-18(11)26(22(16)31,5-35-23(13)32)19(15)21(30)17(14)25(34)36-24(12)33/h3-4,16,22,25,27-28,30-31,34H,5H2,1-2H3/t16-,22-,25?,26-/m0/s1. The van der Waals surface area contributed by atoms with Crippen molar-refractivity contribution < 1.29 is 49.4 Å². The van der Waals surface area contributed by atoms with Gasteiger partial charge < -0.3 is 35.0 Å². The van der Waals surface area contributed by atoms with Gasteiger partial charge in [-0.15, -0.1) is 0 Å². The molecule has 2 aliphatic carbocycles. The Bertz CT molecular complexity index is 1670. The van der Waals surface area contributed by atoms with Crippen LogP contribution in [0.4, 0.5) is 0 Å². The Morgan fingerprint density at radius 2 is 1.50 bits per heavy atom. The zero-order valence-corrected chi connectivity index (χ0v) is 18.9. The van der Waals surface area contributed by atoms with Gasteiger partial charge in [-0.25, -0.2) is 9.59 Å². The molecule has 3 aromatic rings. The molecule has 2 heterocycles. The van der Waals surface area contributed by atoms with Crippen LogP contribution >= 0.6 is 0 Å². The zero-order chi connectivity index (χ0) is 25.6. The van der Waals surface area contributed by atoms with E-state index in [-0.39, 0.29) is 44.3 Å². The predicted octanol–water partition coefficient (Wildman–Crippen LogP) is 1.85. The molecule has 36 heavy (non-hydrogen) atoms. The summed E-state index contributed by atoms with van der Waals surface area (Å²) in [7, 11) is 0. The van der Waals surface area contributed by atoms with Crippen molar-refractivity contribution in [1.82, 2.24) is 0 Å². The summed E-state index contributed by atoms with van der Waals surface area (Å²) in [5, 5.41) is 55.6. The number of rotatable bonds is 0. The number of cyclic esters (lactones) is 2. The highest BCUT2D eigenvalue weighted by Crippen LogP contribution is 2.65. The summed E-state index contributed by atoms with van der Waals surface area (Å²) in [6, 6.07) is 2.59. The zero-order valence-electron chi connectivity index (χ0n) is 18.9. The fourth-order valence-corrected chi connectivity index (χ4v) is 6.89. The second-order valence-electron chi connectivity index (χ2n) is 9.82. The molecule has 10 heteroatoms. The first-order valence-corrected chi connectivity index (χ1v) is 11.2. The summed E-state index contributed by atoms with van der Waals surface area (Å²) in [5.74, 6) is -5.05. The van der Waals surface area contributed by atoms with Crippen LogP contribution < -0.4 is 0 Å². The van der Waals surface area contributed by atoms with Crippen molar-refractivity contribution in [2.24, 2.45) is 0 Å². The second-order valence-corrected chi connectivity index (χ2v) is 9.82. The first-order chi connectivity index (χ1) is 17.0. The molecule has 10 nitrogen and oxygen atoms in total. The first-order valence-electron chi connectivity index (χ1n) is 11.2. The average molecular weight is 490 g/mol. The topological polar surface area (TPSA) is 171 Å². The van der Waals surface area contributed by atoms with E-state index < -0.39 is 65.3 Å². The van der Waals surface area contributed by atoms with Crippen molar-refractivity contribution in [2.75, 3.05) is 6.61 Å². The van der Waals surface area contributed by atoms with Gasteiger partial charge in [0.05, 0.1) is 23.0 Å². The van der Waals surface area contributed by atoms with E-state index in [9.17, 15) is 39.9 Å². The number of aliphatic hydroxyl groups excluding tert-OH is 2. The lowest BCUT2D eigenvalue weighted by Crippen LogP contribution is -2.52. The predicted molar refractivity (Wildman–Crippen MR) is 119 cm³/mol. The fraction of sp³-hybridized carbons (Fsp3) is 0.269. The Kier molecular flexibility index (Phi) is 3.62. The van der Waals surface area contributed by atoms with Crippen LogP contribution in [-0.4, -0.2) is 56.0 Å². The Hall–Kier alpha value is -4.15. The van der Waals surface area contributed by atoms with Gasteiger partial charge in [-0.05, 0) is 53.6 Å². The number of hydrogen-bond donors (Lipinski definition) is 5. The number of hydrogen-bond acceptors (Lipinski definition) is 10. The van der Waals surface area contributed by atoms with Crippen molar-refractivity contribution in [3.63, 3.8) is 0 Å². The summed E-state index contributed by atoms with van der Waals surface area (Å²) < 4.78 is 10.4. The van der Waals surface area contributed by atoms with Crippen LogP contribution in [0.15, 0.2) is 12.1 Å². The number of ether oxygens (including phenoxy) is 2. The van der Waals surface area contributed by atoms with Gasteiger partial charge in [-0.3, -0.25) is 4.79 Å². The van der Waals surface area contributed by atoms with E-state index in [1.165, 1.54) is 12.1 Å². The van der Waals surface area contributed by atoms with Gasteiger partial charge >= 0.3 is 11.9 Å². The Labute approximate surface area is 201 Å². The second kappa shape index (κ2) is 6.15. The smallest absolute Gasteiger partial charge is 0.345 e. The van der Waals surface area contributed by atoms with E-state index in [4.69, 9.17) is 9.47 Å². The molecule has 0 fully saturated rings. The van der Waals surface area contributed by atoms with Gasteiger partial charge in [0.15, 0.2) is 5.78 Å². The third kappa shape index (κ3) is 1.99. The minimum absolute atomic E-state index is 0.0214. The number of carbonyl (C=O) groups is 3. The number of phenolic OH excluding ortho intramolecular Hbond substituents is 3. The highest BCUT2D eigenvalue weighted by Gasteiger charge is 2.66. The quantitative estimate of drug-likeness (QED) is 0.293. The molecule has 182 valence electrons. The molecule has 0 radical (unpaired) electrons. The number of fused-ring (bicyclic) bond motifs is 4. The van der Waals surface area contributed by atoms with Crippen molar-refractivity contribution in [2.45, 2.75) is 37.6 Å². The number of phenols is 3. The summed E-state index contributed by atoms with van der Waals surface area (Å²) in [6.07, 6.45) is -3.41. The van der Waals surface area contributed by atoms with Crippen molar-refractivity contribution >= 4 is 28.5 Å². The molecule has 4 atom stereocenters. The number of Topliss-reactive ketones (excluding diaryl/α,β-unsaturated/α-hetero) is 1. The summed E-state index contributed by atoms with van der Waals surface area (Å²) >= 11 is 0. The molecule has 2 aliphatic heterocycles. The summed E-state index contributed by atoms with van der Waals surface area (Å²) in [5.41, 5.74) is -1.15.